The van der Waals surface area contributed by atoms with Crippen LogP contribution in [0.2, 0.25) is 5.02 Å². The van der Waals surface area contributed by atoms with Crippen molar-refractivity contribution >= 4 is 23.2 Å². The summed E-state index contributed by atoms with van der Waals surface area (Å²) < 4.78 is 0. The highest BCUT2D eigenvalue weighted by Gasteiger charge is 2.08. The second kappa shape index (κ2) is 5.06. The van der Waals surface area contributed by atoms with Crippen molar-refractivity contribution in [2.45, 2.75) is 6.92 Å². The summed E-state index contributed by atoms with van der Waals surface area (Å²) in [5.41, 5.74) is 1.52. The van der Waals surface area contributed by atoms with Crippen LogP contribution in [0, 0.1) is 6.92 Å². The minimum atomic E-state index is -0.341. The van der Waals surface area contributed by atoms with Gasteiger partial charge in [0, 0.05) is 28.5 Å². The zero-order valence-electron chi connectivity index (χ0n) is 9.66. The lowest BCUT2D eigenvalue weighted by atomic mass is 10.2. The molecule has 2 N–H and O–H groups in total. The Kier molecular flexibility index (Phi) is 3.48. The van der Waals surface area contributed by atoms with Gasteiger partial charge in [0.05, 0.1) is 0 Å². The first-order valence-corrected chi connectivity index (χ1v) is 5.70. The van der Waals surface area contributed by atoms with Gasteiger partial charge in [0.2, 0.25) is 5.56 Å². The van der Waals surface area contributed by atoms with Crippen molar-refractivity contribution in [3.05, 3.63) is 63.0 Å². The molecule has 1 aromatic heterocycles. The number of anilines is 1. The van der Waals surface area contributed by atoms with E-state index in [0.717, 1.165) is 5.56 Å². The van der Waals surface area contributed by atoms with Gasteiger partial charge in [0.1, 0.15) is 0 Å². The van der Waals surface area contributed by atoms with E-state index in [1.54, 1.807) is 12.1 Å². The Balaban J connectivity index is 2.26. The van der Waals surface area contributed by atoms with Crippen LogP contribution in [0.1, 0.15) is 15.9 Å². The van der Waals surface area contributed by atoms with E-state index in [1.165, 1.54) is 18.3 Å². The monoisotopic (exact) mass is 262 g/mol. The number of aromatic amines is 1. The van der Waals surface area contributed by atoms with Gasteiger partial charge in [-0.05, 0) is 30.7 Å². The summed E-state index contributed by atoms with van der Waals surface area (Å²) in [7, 11) is 0. The first kappa shape index (κ1) is 12.4. The maximum atomic E-state index is 11.9. The van der Waals surface area contributed by atoms with Crippen LogP contribution in [0.25, 0.3) is 0 Å². The molecule has 1 aromatic carbocycles. The summed E-state index contributed by atoms with van der Waals surface area (Å²) >= 11 is 5.87. The molecule has 18 heavy (non-hydrogen) atoms. The number of H-pyrrole nitrogens is 1. The number of pyridine rings is 1. The van der Waals surface area contributed by atoms with Gasteiger partial charge in [0.15, 0.2) is 0 Å². The second-order valence-electron chi connectivity index (χ2n) is 3.85. The van der Waals surface area contributed by atoms with Crippen molar-refractivity contribution in [3.63, 3.8) is 0 Å². The molecule has 1 amide bonds. The Bertz CT molecular complexity index is 649. The zero-order chi connectivity index (χ0) is 13.1. The topological polar surface area (TPSA) is 62.0 Å². The van der Waals surface area contributed by atoms with Crippen LogP contribution in [0.3, 0.4) is 0 Å². The molecular weight excluding hydrogens is 252 g/mol. The molecule has 0 aliphatic carbocycles. The van der Waals surface area contributed by atoms with E-state index in [4.69, 9.17) is 11.6 Å². The molecule has 0 aliphatic rings. The van der Waals surface area contributed by atoms with E-state index in [9.17, 15) is 9.59 Å². The van der Waals surface area contributed by atoms with Gasteiger partial charge in [-0.15, -0.1) is 0 Å². The summed E-state index contributed by atoms with van der Waals surface area (Å²) in [6.07, 6.45) is 1.43. The molecule has 0 aliphatic heterocycles. The number of nitrogens with one attached hydrogen (secondary N) is 2. The molecule has 0 atom stereocenters. The van der Waals surface area contributed by atoms with Crippen LogP contribution in [0.5, 0.6) is 0 Å². The minimum Gasteiger partial charge on any atom is -0.329 e. The number of benzene rings is 1. The number of rotatable bonds is 2. The standard InChI is InChI=1S/C13H11ClN2O2/c1-8-2-3-10(14)7-11(8)16-13(18)9-4-5-15-12(17)6-9/h2-7H,1H3,(H,15,17)(H,16,18). The number of hydrogen-bond donors (Lipinski definition) is 2. The SMILES string of the molecule is Cc1ccc(Cl)cc1NC(=O)c1cc[nH]c(=O)c1. The van der Waals surface area contributed by atoms with E-state index in [2.05, 4.69) is 10.3 Å². The fraction of sp³-hybridized carbons (Fsp3) is 0.0769. The fourth-order valence-electron chi connectivity index (χ4n) is 1.51. The first-order chi connectivity index (χ1) is 8.56. The van der Waals surface area contributed by atoms with Crippen LogP contribution in [-0.2, 0) is 0 Å². The highest BCUT2D eigenvalue weighted by Crippen LogP contribution is 2.20. The largest absolute Gasteiger partial charge is 0.329 e. The molecule has 0 saturated heterocycles. The van der Waals surface area contributed by atoms with Crippen LogP contribution >= 0.6 is 11.6 Å². The van der Waals surface area contributed by atoms with E-state index in [1.807, 2.05) is 13.0 Å². The molecule has 92 valence electrons. The van der Waals surface area contributed by atoms with Gasteiger partial charge in [-0.3, -0.25) is 9.59 Å². The molecule has 0 spiro atoms. The lowest BCUT2D eigenvalue weighted by Crippen LogP contribution is -2.16. The molecule has 2 rings (SSSR count). The second-order valence-corrected chi connectivity index (χ2v) is 4.29. The molecule has 0 fully saturated rings. The number of amides is 1. The molecule has 5 heteroatoms. The average Bonchev–Trinajstić information content (AvgIpc) is 2.34. The van der Waals surface area contributed by atoms with Crippen molar-refractivity contribution in [1.29, 1.82) is 0 Å². The lowest BCUT2D eigenvalue weighted by Gasteiger charge is -2.08. The first-order valence-electron chi connectivity index (χ1n) is 5.32. The Morgan fingerprint density at radius 1 is 1.28 bits per heavy atom. The van der Waals surface area contributed by atoms with Gasteiger partial charge >= 0.3 is 0 Å². The number of carbonyl (C=O) groups excluding carboxylic acids is 1. The molecule has 0 radical (unpaired) electrons. The van der Waals surface area contributed by atoms with Gasteiger partial charge in [-0.25, -0.2) is 0 Å². The lowest BCUT2D eigenvalue weighted by molar-refractivity contribution is 0.102. The van der Waals surface area contributed by atoms with Gasteiger partial charge in [0.25, 0.3) is 5.91 Å². The van der Waals surface area contributed by atoms with Crippen LogP contribution in [0.15, 0.2) is 41.3 Å². The number of hydrogen-bond acceptors (Lipinski definition) is 2. The molecule has 1 heterocycles. The Labute approximate surface area is 109 Å². The van der Waals surface area contributed by atoms with Crippen LogP contribution in [-0.4, -0.2) is 10.9 Å². The Morgan fingerprint density at radius 2 is 2.06 bits per heavy atom. The maximum absolute atomic E-state index is 11.9. The van der Waals surface area contributed by atoms with E-state index < -0.39 is 0 Å². The van der Waals surface area contributed by atoms with E-state index in [-0.39, 0.29) is 11.5 Å². The van der Waals surface area contributed by atoms with Crippen LogP contribution < -0.4 is 10.9 Å². The number of halogens is 1. The minimum absolute atomic E-state index is 0.304. The van der Waals surface area contributed by atoms with Crippen molar-refractivity contribution in [2.75, 3.05) is 5.32 Å². The number of aryl methyl sites for hydroxylation is 1. The molecule has 2 aromatic rings. The third kappa shape index (κ3) is 2.78. The molecule has 0 bridgehead atoms. The van der Waals surface area contributed by atoms with Crippen molar-refractivity contribution in [3.8, 4) is 0 Å². The van der Waals surface area contributed by atoms with Gasteiger partial charge < -0.3 is 10.3 Å². The Hall–Kier alpha value is -2.07. The normalized spacial score (nSPS) is 10.1. The van der Waals surface area contributed by atoms with Crippen LogP contribution in [0.4, 0.5) is 5.69 Å². The summed E-state index contributed by atoms with van der Waals surface area (Å²) in [6, 6.07) is 8.02. The zero-order valence-corrected chi connectivity index (χ0v) is 10.4. The van der Waals surface area contributed by atoms with Gasteiger partial charge in [-0.2, -0.15) is 0 Å². The van der Waals surface area contributed by atoms with Crippen molar-refractivity contribution in [2.24, 2.45) is 0 Å². The average molecular weight is 263 g/mol. The maximum Gasteiger partial charge on any atom is 0.255 e. The Morgan fingerprint density at radius 3 is 2.78 bits per heavy atom. The van der Waals surface area contributed by atoms with Crippen molar-refractivity contribution < 1.29 is 4.79 Å². The summed E-state index contributed by atoms with van der Waals surface area (Å²) in [5.74, 6) is -0.341. The van der Waals surface area contributed by atoms with E-state index in [0.29, 0.717) is 16.3 Å². The highest BCUT2D eigenvalue weighted by molar-refractivity contribution is 6.31. The van der Waals surface area contributed by atoms with Gasteiger partial charge in [-0.1, -0.05) is 17.7 Å². The van der Waals surface area contributed by atoms with Crippen molar-refractivity contribution in [1.82, 2.24) is 4.98 Å². The smallest absolute Gasteiger partial charge is 0.255 e. The number of aromatic nitrogens is 1. The highest BCUT2D eigenvalue weighted by atomic mass is 35.5. The number of carbonyl (C=O) groups is 1. The summed E-state index contributed by atoms with van der Waals surface area (Å²) in [6.45, 7) is 1.86. The predicted molar refractivity (Wildman–Crippen MR) is 71.2 cm³/mol. The third-order valence-corrected chi connectivity index (χ3v) is 2.72. The predicted octanol–water partition coefficient (Wildman–Crippen LogP) is 2.59. The molecular formula is C13H11ClN2O2. The van der Waals surface area contributed by atoms with E-state index >= 15 is 0 Å². The third-order valence-electron chi connectivity index (χ3n) is 2.49. The quantitative estimate of drug-likeness (QED) is 0.874. The summed E-state index contributed by atoms with van der Waals surface area (Å²) in [4.78, 5) is 25.5. The molecule has 0 saturated carbocycles. The fourth-order valence-corrected chi connectivity index (χ4v) is 1.68. The molecule has 4 nitrogen and oxygen atoms in total. The summed E-state index contributed by atoms with van der Waals surface area (Å²) in [5, 5.41) is 3.26. The molecule has 0 unspecified atom stereocenters.